The van der Waals surface area contributed by atoms with E-state index in [9.17, 15) is 9.59 Å². The second-order valence-electron chi connectivity index (χ2n) is 3.84. The predicted molar refractivity (Wildman–Crippen MR) is 66.9 cm³/mol. The third-order valence-electron chi connectivity index (χ3n) is 2.68. The monoisotopic (exact) mass is 264 g/mol. The number of methoxy groups -OCH3 is 2. The molecule has 2 rings (SSSR count). The predicted octanol–water partition coefficient (Wildman–Crippen LogP) is 1.44. The van der Waals surface area contributed by atoms with E-state index in [2.05, 4.69) is 0 Å². The first-order valence-corrected chi connectivity index (χ1v) is 5.46. The molecule has 2 aromatic rings. The summed E-state index contributed by atoms with van der Waals surface area (Å²) in [6, 6.07) is 4.44. The summed E-state index contributed by atoms with van der Waals surface area (Å²) in [7, 11) is 2.88. The van der Waals surface area contributed by atoms with Gasteiger partial charge in [-0.15, -0.1) is 0 Å². The fourth-order valence-corrected chi connectivity index (χ4v) is 1.91. The minimum atomic E-state index is -1.03. The van der Waals surface area contributed by atoms with E-state index < -0.39 is 11.6 Å². The van der Waals surface area contributed by atoms with Gasteiger partial charge in [0.05, 0.1) is 20.6 Å². The van der Waals surface area contributed by atoms with E-state index in [0.717, 1.165) is 0 Å². The van der Waals surface area contributed by atoms with Gasteiger partial charge in [-0.3, -0.25) is 4.79 Å². The van der Waals surface area contributed by atoms with Crippen LogP contribution in [0, 0.1) is 0 Å². The molecule has 0 fully saturated rings. The quantitative estimate of drug-likeness (QED) is 0.841. The molecular weight excluding hydrogens is 252 g/mol. The number of carboxylic acids is 1. The normalized spacial score (nSPS) is 10.4. The van der Waals surface area contributed by atoms with Crippen LogP contribution >= 0.6 is 0 Å². The number of hydrogen-bond acceptors (Lipinski definition) is 5. The highest BCUT2D eigenvalue weighted by molar-refractivity contribution is 5.90. The lowest BCUT2D eigenvalue weighted by atomic mass is 10.1. The van der Waals surface area contributed by atoms with E-state index in [4.69, 9.17) is 19.0 Å². The Kier molecular flexibility index (Phi) is 3.41. The zero-order chi connectivity index (χ0) is 14.0. The Labute approximate surface area is 108 Å². The molecule has 1 N–H and O–H groups in total. The Morgan fingerprint density at radius 1 is 1.32 bits per heavy atom. The number of rotatable bonds is 4. The standard InChI is InChI=1S/C13H12O6/c1-17-9-4-3-8-7(5-10(14)15)6-11(16)19-12(8)13(9)18-2/h3-4,6H,5H2,1-2H3,(H,14,15). The molecule has 0 saturated heterocycles. The van der Waals surface area contributed by atoms with Crippen molar-refractivity contribution in [3.63, 3.8) is 0 Å². The van der Waals surface area contributed by atoms with Crippen LogP contribution in [0.2, 0.25) is 0 Å². The molecule has 0 bridgehead atoms. The number of aliphatic carboxylic acids is 1. The molecule has 19 heavy (non-hydrogen) atoms. The number of fused-ring (bicyclic) bond motifs is 1. The summed E-state index contributed by atoms with van der Waals surface area (Å²) in [5.74, 6) is -0.350. The summed E-state index contributed by atoms with van der Waals surface area (Å²) < 4.78 is 15.4. The molecule has 0 aliphatic carbocycles. The fourth-order valence-electron chi connectivity index (χ4n) is 1.91. The summed E-state index contributed by atoms with van der Waals surface area (Å²) in [6.45, 7) is 0. The summed E-state index contributed by atoms with van der Waals surface area (Å²) in [4.78, 5) is 22.3. The van der Waals surface area contributed by atoms with Gasteiger partial charge in [-0.1, -0.05) is 0 Å². The highest BCUT2D eigenvalue weighted by atomic mass is 16.5. The maximum Gasteiger partial charge on any atom is 0.336 e. The van der Waals surface area contributed by atoms with Crippen molar-refractivity contribution in [1.29, 1.82) is 0 Å². The van der Waals surface area contributed by atoms with Crippen LogP contribution in [0.1, 0.15) is 5.56 Å². The Hall–Kier alpha value is -2.50. The van der Waals surface area contributed by atoms with Crippen molar-refractivity contribution in [2.75, 3.05) is 14.2 Å². The SMILES string of the molecule is COc1ccc2c(CC(=O)O)cc(=O)oc2c1OC. The van der Waals surface area contributed by atoms with E-state index in [1.807, 2.05) is 0 Å². The van der Waals surface area contributed by atoms with Gasteiger partial charge < -0.3 is 19.0 Å². The van der Waals surface area contributed by atoms with Crippen molar-refractivity contribution in [1.82, 2.24) is 0 Å². The second kappa shape index (κ2) is 5.01. The van der Waals surface area contributed by atoms with Crippen LogP contribution in [0.25, 0.3) is 11.0 Å². The van der Waals surface area contributed by atoms with Gasteiger partial charge in [-0.2, -0.15) is 0 Å². The Bertz CT molecular complexity index is 685. The van der Waals surface area contributed by atoms with Crippen LogP contribution in [0.3, 0.4) is 0 Å². The average Bonchev–Trinajstić information content (AvgIpc) is 2.36. The third kappa shape index (κ3) is 2.37. The zero-order valence-corrected chi connectivity index (χ0v) is 10.4. The minimum Gasteiger partial charge on any atom is -0.493 e. The highest BCUT2D eigenvalue weighted by Gasteiger charge is 2.16. The maximum absolute atomic E-state index is 11.5. The van der Waals surface area contributed by atoms with Crippen LogP contribution < -0.4 is 15.1 Å². The first-order chi connectivity index (χ1) is 9.06. The third-order valence-corrected chi connectivity index (χ3v) is 2.68. The number of carbonyl (C=O) groups is 1. The van der Waals surface area contributed by atoms with Gasteiger partial charge in [0.1, 0.15) is 0 Å². The molecule has 1 heterocycles. The lowest BCUT2D eigenvalue weighted by molar-refractivity contribution is -0.136. The Balaban J connectivity index is 2.80. The van der Waals surface area contributed by atoms with Gasteiger partial charge in [0.15, 0.2) is 11.3 Å². The largest absolute Gasteiger partial charge is 0.493 e. The number of ether oxygens (including phenoxy) is 2. The summed E-state index contributed by atoms with van der Waals surface area (Å²) in [5.41, 5.74) is -0.0689. The van der Waals surface area contributed by atoms with E-state index in [1.165, 1.54) is 20.3 Å². The molecule has 6 heteroatoms. The highest BCUT2D eigenvalue weighted by Crippen LogP contribution is 2.35. The molecule has 0 aliphatic rings. The van der Waals surface area contributed by atoms with Crippen molar-refractivity contribution in [2.24, 2.45) is 0 Å². The van der Waals surface area contributed by atoms with Crippen LogP contribution in [-0.4, -0.2) is 25.3 Å². The van der Waals surface area contributed by atoms with E-state index in [-0.39, 0.29) is 17.8 Å². The van der Waals surface area contributed by atoms with Gasteiger partial charge in [0.25, 0.3) is 0 Å². The van der Waals surface area contributed by atoms with Gasteiger partial charge in [0.2, 0.25) is 5.75 Å². The zero-order valence-electron chi connectivity index (χ0n) is 10.4. The van der Waals surface area contributed by atoms with Crippen molar-refractivity contribution >= 4 is 16.9 Å². The van der Waals surface area contributed by atoms with Gasteiger partial charge in [-0.05, 0) is 17.7 Å². The van der Waals surface area contributed by atoms with Crippen LogP contribution in [0.5, 0.6) is 11.5 Å². The molecule has 1 aromatic heterocycles. The van der Waals surface area contributed by atoms with Crippen molar-refractivity contribution < 1.29 is 23.8 Å². The molecule has 100 valence electrons. The number of carboxylic acid groups (broad SMARTS) is 1. The Morgan fingerprint density at radius 3 is 2.63 bits per heavy atom. The smallest absolute Gasteiger partial charge is 0.336 e. The van der Waals surface area contributed by atoms with E-state index in [0.29, 0.717) is 16.7 Å². The first-order valence-electron chi connectivity index (χ1n) is 5.46. The average molecular weight is 264 g/mol. The topological polar surface area (TPSA) is 86.0 Å². The van der Waals surface area contributed by atoms with Crippen molar-refractivity contribution in [2.45, 2.75) is 6.42 Å². The molecule has 0 unspecified atom stereocenters. The van der Waals surface area contributed by atoms with Crippen LogP contribution in [0.4, 0.5) is 0 Å². The first kappa shape index (κ1) is 12.9. The van der Waals surface area contributed by atoms with Crippen LogP contribution in [-0.2, 0) is 11.2 Å². The Morgan fingerprint density at radius 2 is 2.05 bits per heavy atom. The summed E-state index contributed by atoms with van der Waals surface area (Å²) in [5, 5.41) is 9.37. The van der Waals surface area contributed by atoms with Gasteiger partial charge >= 0.3 is 11.6 Å². The van der Waals surface area contributed by atoms with E-state index >= 15 is 0 Å². The lowest BCUT2D eigenvalue weighted by Gasteiger charge is -2.10. The molecule has 0 spiro atoms. The maximum atomic E-state index is 11.5. The number of benzene rings is 1. The minimum absolute atomic E-state index is 0.186. The molecule has 0 saturated carbocycles. The van der Waals surface area contributed by atoms with E-state index in [1.54, 1.807) is 12.1 Å². The van der Waals surface area contributed by atoms with Gasteiger partial charge in [-0.25, -0.2) is 4.79 Å². The molecule has 0 amide bonds. The lowest BCUT2D eigenvalue weighted by Crippen LogP contribution is -2.07. The molecule has 0 atom stereocenters. The molecule has 0 radical (unpaired) electrons. The molecular formula is C13H12O6. The van der Waals surface area contributed by atoms with Crippen molar-refractivity contribution in [3.8, 4) is 11.5 Å². The molecule has 0 aliphatic heterocycles. The van der Waals surface area contributed by atoms with Crippen LogP contribution in [0.15, 0.2) is 27.4 Å². The second-order valence-corrected chi connectivity index (χ2v) is 3.84. The fraction of sp³-hybridized carbons (Fsp3) is 0.231. The molecule has 6 nitrogen and oxygen atoms in total. The number of hydrogen-bond donors (Lipinski definition) is 1. The summed E-state index contributed by atoms with van der Waals surface area (Å²) in [6.07, 6.45) is -0.266. The van der Waals surface area contributed by atoms with Crippen molar-refractivity contribution in [3.05, 3.63) is 34.2 Å². The summed E-state index contributed by atoms with van der Waals surface area (Å²) >= 11 is 0. The molecule has 1 aromatic carbocycles. The van der Waals surface area contributed by atoms with Gasteiger partial charge in [0, 0.05) is 11.5 Å².